The summed E-state index contributed by atoms with van der Waals surface area (Å²) in [6.45, 7) is 0. The van der Waals surface area contributed by atoms with Gasteiger partial charge in [0.2, 0.25) is 0 Å². The summed E-state index contributed by atoms with van der Waals surface area (Å²) in [5.41, 5.74) is 0. The van der Waals surface area contributed by atoms with E-state index < -0.39 is 38.9 Å². The molecule has 0 radical (unpaired) electrons. The molecule has 0 fully saturated rings. The van der Waals surface area contributed by atoms with Gasteiger partial charge in [0.15, 0.2) is 0 Å². The molecule has 0 aliphatic carbocycles. The zero-order valence-corrected chi connectivity index (χ0v) is 18.4. The Morgan fingerprint density at radius 2 is 0.471 bits per heavy atom. The summed E-state index contributed by atoms with van der Waals surface area (Å²) in [7, 11) is 0. The molecule has 12 nitrogen and oxygen atoms in total. The maximum atomic E-state index is 8.58. The van der Waals surface area contributed by atoms with Gasteiger partial charge in [-0.2, -0.15) is 0 Å². The fourth-order valence-corrected chi connectivity index (χ4v) is 0. The summed E-state index contributed by atoms with van der Waals surface area (Å²) in [4.78, 5) is 0. The Morgan fingerprint density at radius 1 is 0.471 bits per heavy atom. The van der Waals surface area contributed by atoms with Gasteiger partial charge < -0.3 is 0 Å². The molecule has 0 saturated heterocycles. The van der Waals surface area contributed by atoms with Gasteiger partial charge in [0.25, 0.3) is 0 Å². The molecule has 0 aromatic carbocycles. The van der Waals surface area contributed by atoms with Gasteiger partial charge in [-0.15, -0.1) is 0 Å². The van der Waals surface area contributed by atoms with E-state index in [9.17, 15) is 0 Å². The van der Waals surface area contributed by atoms with Crippen LogP contribution in [0.1, 0.15) is 0 Å². The second-order valence-electron chi connectivity index (χ2n) is 1.13. The first kappa shape index (κ1) is 31.5. The van der Waals surface area contributed by atoms with E-state index in [1.807, 2.05) is 0 Å². The van der Waals surface area contributed by atoms with Crippen molar-refractivity contribution in [1.29, 1.82) is 0 Å². The van der Waals surface area contributed by atoms with Gasteiger partial charge in [-0.05, 0) is 0 Å². The van der Waals surface area contributed by atoms with Gasteiger partial charge >= 0.3 is 161 Å². The molecule has 0 aliphatic rings. The van der Waals surface area contributed by atoms with Crippen LogP contribution < -0.4 is 64.0 Å². The Bertz CT molecular complexity index is 485. The van der Waals surface area contributed by atoms with Crippen molar-refractivity contribution in [3.63, 3.8) is 0 Å². The molecule has 0 aliphatic heterocycles. The fraction of sp³-hybridized carbons (Fsp3) is 0. The molecule has 0 saturated carbocycles. The Morgan fingerprint density at radius 3 is 0.471 bits per heavy atom. The van der Waals surface area contributed by atoms with Crippen LogP contribution in [0.3, 0.4) is 0 Å². The zero-order chi connectivity index (χ0) is 13.5. The topological polar surface area (TPSA) is 223 Å². The SMILES string of the molecule is [K+].[O]=[Mn](=[O])(=[O])[O-].[O]=[Mn](=[O])(=[O])[O-].[O]=[Mn](=[O])(=[O])[O-].[TeH4+2]. The van der Waals surface area contributed by atoms with Crippen molar-refractivity contribution >= 4 is 23.7 Å². The quantitative estimate of drug-likeness (QED) is 0.268. The summed E-state index contributed by atoms with van der Waals surface area (Å²) in [6.07, 6.45) is 0. The predicted molar refractivity (Wildman–Crippen MR) is 17.5 cm³/mol. The van der Waals surface area contributed by atoms with Crippen LogP contribution in [0.5, 0.6) is 0 Å². The minimum atomic E-state index is -5.62. The minimum absolute atomic E-state index is 0. The fourth-order valence-electron chi connectivity index (χ4n) is 0. The molecule has 17 heavy (non-hydrogen) atoms. The maximum absolute atomic E-state index is 8.58. The van der Waals surface area contributed by atoms with Crippen molar-refractivity contribution in [2.24, 2.45) is 0 Å². The Labute approximate surface area is 158 Å². The summed E-state index contributed by atoms with van der Waals surface area (Å²) in [5.74, 6) is 0. The average Bonchev–Trinajstić information content (AvgIpc) is 1.41. The molecule has 0 spiro atoms. The van der Waals surface area contributed by atoms with Crippen LogP contribution in [0.4, 0.5) is 0 Å². The molecular formula is H4KMn3O12Te. The van der Waals surface area contributed by atoms with E-state index in [4.69, 9.17) is 47.1 Å². The van der Waals surface area contributed by atoms with Crippen LogP contribution in [-0.4, -0.2) is 23.7 Å². The standard InChI is InChI=1S/K.3Mn.12O.H4Te/h;;;;;;;;;;;;;;;;1H4/q+1;;;;;;;;;;;;;3*-1;+2. The molecule has 0 rings (SSSR count). The van der Waals surface area contributed by atoms with Gasteiger partial charge in [-0.3, -0.25) is 0 Å². The summed E-state index contributed by atoms with van der Waals surface area (Å²) in [5, 5.41) is 0. The van der Waals surface area contributed by atoms with E-state index in [0.717, 1.165) is 0 Å². The first-order chi connectivity index (χ1) is 6.00. The Kier molecular flexibility index (Phi) is 24.2. The van der Waals surface area contributed by atoms with E-state index in [2.05, 4.69) is 0 Å². The first-order valence-electron chi connectivity index (χ1n) is 1.85. The summed E-state index contributed by atoms with van der Waals surface area (Å²) >= 11 is -16.9. The van der Waals surface area contributed by atoms with Crippen LogP contribution in [0.25, 0.3) is 0 Å². The monoisotopic (exact) mass is 530 g/mol. The Hall–Kier alpha value is 2.06. The van der Waals surface area contributed by atoms with Crippen LogP contribution in [0, 0.1) is 0 Å². The van der Waals surface area contributed by atoms with Gasteiger partial charge in [0.1, 0.15) is 0 Å². The van der Waals surface area contributed by atoms with E-state index in [1.54, 1.807) is 0 Å². The normalized spacial score (nSPS) is 10.1. The number of hydrogen-bond acceptors (Lipinski definition) is 12. The third-order valence-corrected chi connectivity index (χ3v) is 0. The van der Waals surface area contributed by atoms with Crippen molar-refractivity contribution < 1.29 is 137 Å². The summed E-state index contributed by atoms with van der Waals surface area (Å²) < 4.78 is 103. The molecule has 0 aromatic heterocycles. The average molecular weight is 528 g/mol. The molecule has 0 N–H and O–H groups in total. The first-order valence-corrected chi connectivity index (χ1v) is 7.63. The van der Waals surface area contributed by atoms with Gasteiger partial charge in [0.05, 0.1) is 0 Å². The molecule has 0 atom stereocenters. The van der Waals surface area contributed by atoms with Crippen molar-refractivity contribution in [2.75, 3.05) is 0 Å². The Balaban J connectivity index is -0.0000000400. The summed E-state index contributed by atoms with van der Waals surface area (Å²) in [6, 6.07) is 0. The van der Waals surface area contributed by atoms with Gasteiger partial charge in [-0.25, -0.2) is 0 Å². The molecule has 0 unspecified atom stereocenters. The van der Waals surface area contributed by atoms with Gasteiger partial charge in [-0.1, -0.05) is 0 Å². The molecule has 17 heteroatoms. The third-order valence-electron chi connectivity index (χ3n) is 0. The molecule has 0 amide bonds. The number of hydrogen-bond donors (Lipinski definition) is 0. The van der Waals surface area contributed by atoms with Crippen LogP contribution in [0.2, 0.25) is 0 Å². The second-order valence-corrected chi connectivity index (χ2v) is 4.68. The van der Waals surface area contributed by atoms with E-state index >= 15 is 0 Å². The molecule has 0 heterocycles. The molecule has 0 aromatic rings. The van der Waals surface area contributed by atoms with Crippen LogP contribution >= 0.6 is 0 Å². The van der Waals surface area contributed by atoms with E-state index in [0.29, 0.717) is 0 Å². The third kappa shape index (κ3) is 1090. The van der Waals surface area contributed by atoms with Gasteiger partial charge in [0, 0.05) is 0 Å². The van der Waals surface area contributed by atoms with E-state index in [-0.39, 0.29) is 75.1 Å². The second kappa shape index (κ2) is 13.1. The predicted octanol–water partition coefficient (Wildman–Crippen LogP) is -9.09. The van der Waals surface area contributed by atoms with E-state index in [1.165, 1.54) is 0 Å². The van der Waals surface area contributed by atoms with Crippen molar-refractivity contribution in [3.8, 4) is 0 Å². The van der Waals surface area contributed by atoms with Crippen molar-refractivity contribution in [3.05, 3.63) is 0 Å². The van der Waals surface area contributed by atoms with Crippen molar-refractivity contribution in [2.45, 2.75) is 0 Å². The zero-order valence-electron chi connectivity index (χ0n) is 7.74. The molecule has 104 valence electrons. The van der Waals surface area contributed by atoms with Crippen LogP contribution in [0.15, 0.2) is 0 Å². The number of rotatable bonds is 0. The molecule has 0 bridgehead atoms. The molecular weight excluding hydrogens is 524 g/mol. The van der Waals surface area contributed by atoms with Crippen LogP contribution in [-0.2, 0) is 73.4 Å². The van der Waals surface area contributed by atoms with Crippen molar-refractivity contribution in [1.82, 2.24) is 0 Å².